The van der Waals surface area contributed by atoms with Gasteiger partial charge in [-0.15, -0.1) is 11.3 Å². The number of thiazole rings is 1. The lowest BCUT2D eigenvalue weighted by Crippen LogP contribution is -2.57. The van der Waals surface area contributed by atoms with Crippen molar-refractivity contribution in [2.45, 2.75) is 58.1 Å². The predicted molar refractivity (Wildman–Crippen MR) is 147 cm³/mol. The fourth-order valence-electron chi connectivity index (χ4n) is 6.47. The number of carbonyl (C=O) groups is 2. The average molecular weight is 554 g/mol. The van der Waals surface area contributed by atoms with E-state index in [1.807, 2.05) is 31.2 Å². The van der Waals surface area contributed by atoms with Gasteiger partial charge in [0.15, 0.2) is 10.9 Å². The summed E-state index contributed by atoms with van der Waals surface area (Å²) in [6.45, 7) is 4.33. The van der Waals surface area contributed by atoms with Crippen LogP contribution in [0.4, 0.5) is 5.13 Å². The van der Waals surface area contributed by atoms with Crippen LogP contribution < -0.4 is 15.4 Å². The van der Waals surface area contributed by atoms with Crippen LogP contribution in [0.3, 0.4) is 0 Å². The molecular weight excluding hydrogens is 518 g/mol. The second-order valence-electron chi connectivity index (χ2n) is 11.1. The van der Waals surface area contributed by atoms with Crippen molar-refractivity contribution in [1.29, 1.82) is 0 Å². The maximum absolute atomic E-state index is 13.3. The third-order valence-electron chi connectivity index (χ3n) is 8.90. The Labute approximate surface area is 231 Å². The lowest BCUT2D eigenvalue weighted by molar-refractivity contribution is -0.144. The van der Waals surface area contributed by atoms with E-state index in [2.05, 4.69) is 17.6 Å². The van der Waals surface area contributed by atoms with Crippen LogP contribution in [0, 0.1) is 16.7 Å². The van der Waals surface area contributed by atoms with Crippen LogP contribution in [-0.2, 0) is 17.8 Å². The molecule has 9 nitrogen and oxygen atoms in total. The standard InChI is InChI=1S/C29H35N3O6S/c1-28-11-10-23(34)29(2,16-33)22(28)14-21-25(31-27(39-21)32-26(36)20-5-4-12-38-20)19(28)13-24(35)30-15-17-6-8-18(37-3)9-7-17/h4-9,12,19,22-23,33-34H,10-11,13-16H2,1-3H3,(H,30,35)(H,31,32,36). The zero-order valence-corrected chi connectivity index (χ0v) is 23.2. The number of hydrogen-bond donors (Lipinski definition) is 4. The smallest absolute Gasteiger partial charge is 0.293 e. The SMILES string of the molecule is COc1ccc(CNC(=O)CC2c3nc(NC(=O)c4ccco4)sc3CC3C(C)(CO)C(O)CCC23C)cc1. The first-order valence-corrected chi connectivity index (χ1v) is 14.0. The summed E-state index contributed by atoms with van der Waals surface area (Å²) >= 11 is 1.38. The predicted octanol–water partition coefficient (Wildman–Crippen LogP) is 4.12. The van der Waals surface area contributed by atoms with Gasteiger partial charge in [0.2, 0.25) is 5.91 Å². The molecule has 1 aromatic carbocycles. The Kier molecular flexibility index (Phi) is 7.54. The molecule has 208 valence electrons. The van der Waals surface area contributed by atoms with E-state index >= 15 is 0 Å². The van der Waals surface area contributed by atoms with E-state index in [9.17, 15) is 19.8 Å². The Hall–Kier alpha value is -3.21. The zero-order chi connectivity index (χ0) is 27.8. The van der Waals surface area contributed by atoms with E-state index in [1.165, 1.54) is 17.6 Å². The molecule has 2 aliphatic rings. The van der Waals surface area contributed by atoms with Crippen LogP contribution >= 0.6 is 11.3 Å². The first-order valence-electron chi connectivity index (χ1n) is 13.2. The summed E-state index contributed by atoms with van der Waals surface area (Å²) in [5, 5.41) is 27.7. The maximum atomic E-state index is 13.3. The molecule has 0 aliphatic heterocycles. The normalized spacial score (nSPS) is 27.8. The van der Waals surface area contributed by atoms with Crippen molar-refractivity contribution in [3.05, 3.63) is 64.6 Å². The first kappa shape index (κ1) is 27.4. The number of aliphatic hydroxyl groups is 2. The number of anilines is 1. The van der Waals surface area contributed by atoms with Crippen molar-refractivity contribution in [3.8, 4) is 5.75 Å². The van der Waals surface area contributed by atoms with Gasteiger partial charge in [-0.3, -0.25) is 14.9 Å². The van der Waals surface area contributed by atoms with Gasteiger partial charge in [-0.2, -0.15) is 0 Å². The molecular formula is C29H35N3O6S. The molecule has 0 saturated heterocycles. The minimum atomic E-state index is -0.718. The van der Waals surface area contributed by atoms with Gasteiger partial charge in [0.1, 0.15) is 5.75 Å². The van der Waals surface area contributed by atoms with E-state index in [0.717, 1.165) is 21.9 Å². The van der Waals surface area contributed by atoms with Gasteiger partial charge in [-0.05, 0) is 60.4 Å². The fraction of sp³-hybridized carbons (Fsp3) is 0.483. The van der Waals surface area contributed by atoms with E-state index in [1.54, 1.807) is 19.2 Å². The second kappa shape index (κ2) is 10.7. The molecule has 1 saturated carbocycles. The van der Waals surface area contributed by atoms with Gasteiger partial charge in [-0.25, -0.2) is 4.98 Å². The number of hydrogen-bond acceptors (Lipinski definition) is 8. The Morgan fingerprint density at radius 3 is 2.67 bits per heavy atom. The van der Waals surface area contributed by atoms with Crippen molar-refractivity contribution in [1.82, 2.24) is 10.3 Å². The fourth-order valence-corrected chi connectivity index (χ4v) is 7.53. The van der Waals surface area contributed by atoms with Crippen LogP contribution in [0.2, 0.25) is 0 Å². The molecule has 5 unspecified atom stereocenters. The molecule has 0 spiro atoms. The molecule has 39 heavy (non-hydrogen) atoms. The monoisotopic (exact) mass is 553 g/mol. The quantitative estimate of drug-likeness (QED) is 0.330. The molecule has 5 rings (SSSR count). The average Bonchev–Trinajstić information content (AvgIpc) is 3.61. The van der Waals surface area contributed by atoms with Gasteiger partial charge in [0.25, 0.3) is 5.91 Å². The van der Waals surface area contributed by atoms with E-state index in [4.69, 9.17) is 14.1 Å². The summed E-state index contributed by atoms with van der Waals surface area (Å²) in [5.41, 5.74) is 0.675. The van der Waals surface area contributed by atoms with Crippen LogP contribution in [0.1, 0.15) is 65.7 Å². The highest BCUT2D eigenvalue weighted by Gasteiger charge is 2.59. The van der Waals surface area contributed by atoms with Crippen molar-refractivity contribution >= 4 is 28.3 Å². The van der Waals surface area contributed by atoms with Gasteiger partial charge in [-0.1, -0.05) is 26.0 Å². The molecule has 2 aliphatic carbocycles. The largest absolute Gasteiger partial charge is 0.497 e. The van der Waals surface area contributed by atoms with Crippen molar-refractivity contribution in [2.24, 2.45) is 16.7 Å². The number of nitrogens with zero attached hydrogens (tertiary/aromatic N) is 1. The van der Waals surface area contributed by atoms with Crippen LogP contribution in [0.5, 0.6) is 5.75 Å². The lowest BCUT2D eigenvalue weighted by atomic mass is 9.47. The number of ether oxygens (including phenoxy) is 1. The topological polar surface area (TPSA) is 134 Å². The van der Waals surface area contributed by atoms with Crippen LogP contribution in [-0.4, -0.2) is 46.8 Å². The molecule has 10 heteroatoms. The molecule has 2 heterocycles. The van der Waals surface area contributed by atoms with E-state index < -0.39 is 11.5 Å². The third kappa shape index (κ3) is 5.08. The number of fused-ring (bicyclic) bond motifs is 2. The summed E-state index contributed by atoms with van der Waals surface area (Å²) in [7, 11) is 1.61. The summed E-state index contributed by atoms with van der Waals surface area (Å²) in [4.78, 5) is 31.8. The molecule has 2 amide bonds. The summed E-state index contributed by atoms with van der Waals surface area (Å²) < 4.78 is 10.4. The highest BCUT2D eigenvalue weighted by molar-refractivity contribution is 7.15. The van der Waals surface area contributed by atoms with Gasteiger partial charge >= 0.3 is 0 Å². The number of benzene rings is 1. The maximum Gasteiger partial charge on any atom is 0.293 e. The minimum Gasteiger partial charge on any atom is -0.497 e. The van der Waals surface area contributed by atoms with Crippen LogP contribution in [0.15, 0.2) is 47.1 Å². The Morgan fingerprint density at radius 2 is 2.00 bits per heavy atom. The number of amides is 2. The zero-order valence-electron chi connectivity index (χ0n) is 22.4. The van der Waals surface area contributed by atoms with Gasteiger partial charge in [0.05, 0.1) is 31.8 Å². The van der Waals surface area contributed by atoms with E-state index in [-0.39, 0.29) is 47.9 Å². The Morgan fingerprint density at radius 1 is 1.23 bits per heavy atom. The second-order valence-corrected chi connectivity index (χ2v) is 12.2. The highest BCUT2D eigenvalue weighted by atomic mass is 32.1. The number of aliphatic hydroxyl groups excluding tert-OH is 2. The van der Waals surface area contributed by atoms with E-state index in [0.29, 0.717) is 30.9 Å². The summed E-state index contributed by atoms with van der Waals surface area (Å²) in [6, 6.07) is 10.8. The lowest BCUT2D eigenvalue weighted by Gasteiger charge is -2.58. The van der Waals surface area contributed by atoms with Crippen LogP contribution in [0.25, 0.3) is 0 Å². The number of carbonyl (C=O) groups excluding carboxylic acids is 2. The molecule has 0 radical (unpaired) electrons. The Balaban J connectivity index is 1.42. The molecule has 3 aromatic rings. The highest BCUT2D eigenvalue weighted by Crippen LogP contribution is 2.62. The summed E-state index contributed by atoms with van der Waals surface area (Å²) in [5.74, 6) is 0.136. The number of furan rings is 1. The van der Waals surface area contributed by atoms with Crippen molar-refractivity contribution in [2.75, 3.05) is 19.0 Å². The third-order valence-corrected chi connectivity index (χ3v) is 9.91. The number of methoxy groups -OCH3 is 1. The van der Waals surface area contributed by atoms with Crippen molar-refractivity contribution < 1.29 is 29.0 Å². The minimum absolute atomic E-state index is 0.0697. The van der Waals surface area contributed by atoms with Crippen molar-refractivity contribution in [3.63, 3.8) is 0 Å². The number of aromatic nitrogens is 1. The first-order chi connectivity index (χ1) is 18.7. The molecule has 1 fully saturated rings. The number of nitrogens with one attached hydrogen (secondary N) is 2. The van der Waals surface area contributed by atoms with Gasteiger partial charge in [0, 0.05) is 29.2 Å². The van der Waals surface area contributed by atoms with Gasteiger partial charge < -0.3 is 24.7 Å². The number of rotatable bonds is 8. The molecule has 0 bridgehead atoms. The molecule has 5 atom stereocenters. The molecule has 4 N–H and O–H groups in total. The Bertz CT molecular complexity index is 1320. The molecule has 2 aromatic heterocycles. The summed E-state index contributed by atoms with van der Waals surface area (Å²) in [6.07, 6.45) is 2.86.